The van der Waals surface area contributed by atoms with Crippen molar-refractivity contribution in [3.05, 3.63) is 53.6 Å². The van der Waals surface area contributed by atoms with Crippen molar-refractivity contribution >= 4 is 5.97 Å². The van der Waals surface area contributed by atoms with Gasteiger partial charge in [-0.25, -0.2) is 9.78 Å². The highest BCUT2D eigenvalue weighted by atomic mass is 16.5. The van der Waals surface area contributed by atoms with Crippen molar-refractivity contribution in [3.8, 4) is 0 Å². The number of esters is 1. The van der Waals surface area contributed by atoms with Gasteiger partial charge in [-0.3, -0.25) is 0 Å². The number of imidazole rings is 1. The second-order valence-electron chi connectivity index (χ2n) is 4.12. The fraction of sp³-hybridized carbons (Fsp3) is 0.286. The lowest BCUT2D eigenvalue weighted by Gasteiger charge is -2.07. The number of nitrogens with two attached hydrogens (primary N) is 1. The van der Waals surface area contributed by atoms with E-state index in [-0.39, 0.29) is 0 Å². The first-order valence-corrected chi connectivity index (χ1v) is 6.20. The Balaban J connectivity index is 2.14. The number of benzene rings is 1. The minimum Gasteiger partial charge on any atom is -0.460 e. The molecule has 0 radical (unpaired) electrons. The second-order valence-corrected chi connectivity index (χ2v) is 4.12. The molecule has 0 bridgehead atoms. The van der Waals surface area contributed by atoms with Crippen molar-refractivity contribution in [2.75, 3.05) is 6.61 Å². The van der Waals surface area contributed by atoms with Crippen molar-refractivity contribution in [2.24, 2.45) is 5.73 Å². The smallest absolute Gasteiger partial charge is 0.374 e. The van der Waals surface area contributed by atoms with Crippen LogP contribution in [-0.2, 0) is 17.8 Å². The number of carbonyl (C=O) groups excluding carboxylic acids is 1. The van der Waals surface area contributed by atoms with E-state index < -0.39 is 5.97 Å². The first kappa shape index (κ1) is 13.3. The summed E-state index contributed by atoms with van der Waals surface area (Å²) < 4.78 is 6.74. The third-order valence-electron chi connectivity index (χ3n) is 2.79. The molecule has 0 saturated carbocycles. The lowest BCUT2D eigenvalue weighted by atomic mass is 10.1. The van der Waals surface area contributed by atoms with Crippen LogP contribution in [0.25, 0.3) is 0 Å². The summed E-state index contributed by atoms with van der Waals surface area (Å²) in [5.74, 6) is -0.0733. The molecule has 0 aliphatic heterocycles. The molecule has 0 amide bonds. The van der Waals surface area contributed by atoms with Gasteiger partial charge in [0.05, 0.1) is 6.61 Å². The highest BCUT2D eigenvalue weighted by molar-refractivity contribution is 5.85. The van der Waals surface area contributed by atoms with Gasteiger partial charge in [-0.2, -0.15) is 0 Å². The van der Waals surface area contributed by atoms with Gasteiger partial charge < -0.3 is 15.0 Å². The molecule has 0 aliphatic rings. The van der Waals surface area contributed by atoms with Crippen LogP contribution in [0.5, 0.6) is 0 Å². The molecule has 2 aromatic rings. The van der Waals surface area contributed by atoms with Crippen LogP contribution in [0.15, 0.2) is 36.7 Å². The summed E-state index contributed by atoms with van der Waals surface area (Å²) in [4.78, 5) is 15.7. The quantitative estimate of drug-likeness (QED) is 0.827. The van der Waals surface area contributed by atoms with Gasteiger partial charge in [0.25, 0.3) is 0 Å². The van der Waals surface area contributed by atoms with Crippen LogP contribution in [0.4, 0.5) is 0 Å². The molecule has 2 N–H and O–H groups in total. The SMILES string of the molecule is CCOC(=O)c1nccn1Cc1ccc(CN)cc1. The maximum Gasteiger partial charge on any atom is 0.374 e. The van der Waals surface area contributed by atoms with Gasteiger partial charge in [0.1, 0.15) is 0 Å². The van der Waals surface area contributed by atoms with Crippen LogP contribution < -0.4 is 5.73 Å². The standard InChI is InChI=1S/C14H17N3O2/c1-2-19-14(18)13-16-7-8-17(13)10-12-5-3-11(9-15)4-6-12/h3-8H,2,9-10,15H2,1H3. The van der Waals surface area contributed by atoms with Crippen molar-refractivity contribution in [3.63, 3.8) is 0 Å². The molecular formula is C14H17N3O2. The van der Waals surface area contributed by atoms with Crippen LogP contribution in [0, 0.1) is 0 Å². The molecule has 0 saturated heterocycles. The molecule has 5 nitrogen and oxygen atoms in total. The van der Waals surface area contributed by atoms with E-state index in [2.05, 4.69) is 4.98 Å². The summed E-state index contributed by atoms with van der Waals surface area (Å²) in [5.41, 5.74) is 7.72. The number of rotatable bonds is 5. The molecule has 1 heterocycles. The molecule has 0 unspecified atom stereocenters. The lowest BCUT2D eigenvalue weighted by Crippen LogP contribution is -2.13. The van der Waals surface area contributed by atoms with Crippen LogP contribution in [0.1, 0.15) is 28.7 Å². The predicted octanol–water partition coefficient (Wildman–Crippen LogP) is 1.57. The highest BCUT2D eigenvalue weighted by Gasteiger charge is 2.13. The van der Waals surface area contributed by atoms with Crippen LogP contribution in [0.2, 0.25) is 0 Å². The molecule has 1 aromatic heterocycles. The fourth-order valence-corrected chi connectivity index (χ4v) is 1.80. The van der Waals surface area contributed by atoms with Crippen molar-refractivity contribution in [1.29, 1.82) is 0 Å². The summed E-state index contributed by atoms with van der Waals surface area (Å²) >= 11 is 0. The normalized spacial score (nSPS) is 10.4. The average Bonchev–Trinajstić information content (AvgIpc) is 2.88. The zero-order valence-corrected chi connectivity index (χ0v) is 10.9. The minimum absolute atomic E-state index is 0.324. The molecular weight excluding hydrogens is 242 g/mol. The van der Waals surface area contributed by atoms with Gasteiger partial charge >= 0.3 is 5.97 Å². The minimum atomic E-state index is -0.397. The van der Waals surface area contributed by atoms with E-state index in [9.17, 15) is 4.79 Å². The maximum atomic E-state index is 11.7. The van der Waals surface area contributed by atoms with Crippen molar-refractivity contribution < 1.29 is 9.53 Å². The van der Waals surface area contributed by atoms with E-state index in [0.717, 1.165) is 11.1 Å². The summed E-state index contributed by atoms with van der Waals surface area (Å²) in [6.07, 6.45) is 3.36. The number of ether oxygens (including phenoxy) is 1. The summed E-state index contributed by atoms with van der Waals surface area (Å²) in [5, 5.41) is 0. The Hall–Kier alpha value is -2.14. The zero-order chi connectivity index (χ0) is 13.7. The molecule has 0 aliphatic carbocycles. The van der Waals surface area contributed by atoms with Crippen molar-refractivity contribution in [1.82, 2.24) is 9.55 Å². The fourth-order valence-electron chi connectivity index (χ4n) is 1.80. The molecule has 0 atom stereocenters. The Morgan fingerprint density at radius 3 is 2.63 bits per heavy atom. The van der Waals surface area contributed by atoms with Gasteiger partial charge in [-0.1, -0.05) is 24.3 Å². The van der Waals surface area contributed by atoms with Gasteiger partial charge in [0.2, 0.25) is 5.82 Å². The Bertz CT molecular complexity index is 546. The first-order valence-electron chi connectivity index (χ1n) is 6.20. The van der Waals surface area contributed by atoms with Gasteiger partial charge in [0, 0.05) is 25.5 Å². The molecule has 1 aromatic carbocycles. The molecule has 100 valence electrons. The topological polar surface area (TPSA) is 70.1 Å². The van der Waals surface area contributed by atoms with Crippen LogP contribution in [0.3, 0.4) is 0 Å². The third kappa shape index (κ3) is 3.20. The Labute approximate surface area is 112 Å². The highest BCUT2D eigenvalue weighted by Crippen LogP contribution is 2.08. The molecule has 0 spiro atoms. The molecule has 0 fully saturated rings. The number of carbonyl (C=O) groups is 1. The Morgan fingerprint density at radius 2 is 2.00 bits per heavy atom. The van der Waals surface area contributed by atoms with E-state index in [4.69, 9.17) is 10.5 Å². The van der Waals surface area contributed by atoms with Crippen molar-refractivity contribution in [2.45, 2.75) is 20.0 Å². The largest absolute Gasteiger partial charge is 0.460 e. The number of aromatic nitrogens is 2. The van der Waals surface area contributed by atoms with Gasteiger partial charge in [-0.15, -0.1) is 0 Å². The van der Waals surface area contributed by atoms with E-state index in [1.807, 2.05) is 24.3 Å². The number of nitrogens with zero attached hydrogens (tertiary/aromatic N) is 2. The zero-order valence-electron chi connectivity index (χ0n) is 10.9. The van der Waals surface area contributed by atoms with E-state index >= 15 is 0 Å². The summed E-state index contributed by atoms with van der Waals surface area (Å²) in [6, 6.07) is 7.96. The molecule has 5 heteroatoms. The lowest BCUT2D eigenvalue weighted by molar-refractivity contribution is 0.0507. The van der Waals surface area contributed by atoms with E-state index in [1.165, 1.54) is 0 Å². The molecule has 19 heavy (non-hydrogen) atoms. The van der Waals surface area contributed by atoms with E-state index in [0.29, 0.717) is 25.5 Å². The first-order chi connectivity index (χ1) is 9.24. The Morgan fingerprint density at radius 1 is 1.32 bits per heavy atom. The van der Waals surface area contributed by atoms with Gasteiger partial charge in [-0.05, 0) is 18.1 Å². The van der Waals surface area contributed by atoms with E-state index in [1.54, 1.807) is 23.9 Å². The van der Waals surface area contributed by atoms with Crippen LogP contribution in [-0.4, -0.2) is 22.1 Å². The third-order valence-corrected chi connectivity index (χ3v) is 2.79. The summed E-state index contributed by atoms with van der Waals surface area (Å²) in [7, 11) is 0. The second kappa shape index (κ2) is 6.15. The van der Waals surface area contributed by atoms with Crippen LogP contribution >= 0.6 is 0 Å². The predicted molar refractivity (Wildman–Crippen MR) is 71.6 cm³/mol. The number of hydrogen-bond donors (Lipinski definition) is 1. The average molecular weight is 259 g/mol. The maximum absolute atomic E-state index is 11.7. The monoisotopic (exact) mass is 259 g/mol. The van der Waals surface area contributed by atoms with Gasteiger partial charge in [0.15, 0.2) is 0 Å². The Kier molecular flexibility index (Phi) is 4.30. The molecule has 2 rings (SSSR count). The summed E-state index contributed by atoms with van der Waals surface area (Å²) in [6.45, 7) is 3.23. The number of hydrogen-bond acceptors (Lipinski definition) is 4.